The van der Waals surface area contributed by atoms with Crippen LogP contribution >= 0.6 is 22.9 Å². The van der Waals surface area contributed by atoms with Crippen molar-refractivity contribution in [3.8, 4) is 0 Å². The molecule has 0 saturated heterocycles. The Labute approximate surface area is 116 Å². The lowest BCUT2D eigenvalue weighted by Gasteiger charge is -2.03. The third-order valence-corrected chi connectivity index (χ3v) is 3.21. The van der Waals surface area contributed by atoms with Crippen molar-refractivity contribution in [3.05, 3.63) is 44.2 Å². The maximum atomic E-state index is 12.0. The first-order valence-corrected chi connectivity index (χ1v) is 6.26. The van der Waals surface area contributed by atoms with Crippen LogP contribution in [0.5, 0.6) is 0 Å². The van der Waals surface area contributed by atoms with E-state index in [1.54, 1.807) is 12.3 Å². The van der Waals surface area contributed by atoms with Gasteiger partial charge in [0.2, 0.25) is 0 Å². The van der Waals surface area contributed by atoms with Crippen molar-refractivity contribution >= 4 is 39.7 Å². The lowest BCUT2D eigenvalue weighted by Crippen LogP contribution is -2.14. The van der Waals surface area contributed by atoms with Gasteiger partial charge in [-0.05, 0) is 13.0 Å². The number of carbonyl (C=O) groups excluding carboxylic acids is 1. The predicted octanol–water partition coefficient (Wildman–Crippen LogP) is 2.66. The van der Waals surface area contributed by atoms with E-state index in [1.807, 2.05) is 0 Å². The molecule has 0 radical (unpaired) electrons. The van der Waals surface area contributed by atoms with Crippen LogP contribution in [0, 0.1) is 17.0 Å². The van der Waals surface area contributed by atoms with Crippen molar-refractivity contribution in [2.24, 2.45) is 0 Å². The molecule has 98 valence electrons. The number of aromatic nitrogens is 2. The van der Waals surface area contributed by atoms with Crippen molar-refractivity contribution in [3.63, 3.8) is 0 Å². The summed E-state index contributed by atoms with van der Waals surface area (Å²) in [5.41, 5.74) is 0.190. The predicted molar refractivity (Wildman–Crippen MR) is 70.7 cm³/mol. The summed E-state index contributed by atoms with van der Waals surface area (Å²) in [6, 6.07) is 1.15. The highest BCUT2D eigenvalue weighted by molar-refractivity contribution is 7.13. The molecule has 0 saturated carbocycles. The van der Waals surface area contributed by atoms with Gasteiger partial charge in [0.15, 0.2) is 5.13 Å². The number of nitro groups is 1. The summed E-state index contributed by atoms with van der Waals surface area (Å²) < 4.78 is 0. The number of anilines is 1. The Hall–Kier alpha value is -2.06. The molecule has 0 unspecified atom stereocenters. The number of nitrogens with one attached hydrogen (secondary N) is 1. The lowest BCUT2D eigenvalue weighted by molar-refractivity contribution is -0.385. The monoisotopic (exact) mass is 298 g/mol. The topological polar surface area (TPSA) is 98.0 Å². The van der Waals surface area contributed by atoms with E-state index in [0.717, 1.165) is 18.0 Å². The zero-order valence-electron chi connectivity index (χ0n) is 9.58. The quantitative estimate of drug-likeness (QED) is 0.533. The highest BCUT2D eigenvalue weighted by Crippen LogP contribution is 2.22. The first-order chi connectivity index (χ1) is 8.97. The SMILES string of the molecule is Cc1csc(NC(=O)c2cc(Cl)ncc2[N+](=O)[O-])n1. The Kier molecular flexibility index (Phi) is 3.72. The minimum Gasteiger partial charge on any atom is -0.298 e. The summed E-state index contributed by atoms with van der Waals surface area (Å²) in [5.74, 6) is -0.648. The van der Waals surface area contributed by atoms with Crippen LogP contribution in [0.3, 0.4) is 0 Å². The second-order valence-electron chi connectivity index (χ2n) is 3.53. The Bertz CT molecular complexity index is 658. The summed E-state index contributed by atoms with van der Waals surface area (Å²) >= 11 is 6.88. The first-order valence-electron chi connectivity index (χ1n) is 5.01. The summed E-state index contributed by atoms with van der Waals surface area (Å²) in [7, 11) is 0. The summed E-state index contributed by atoms with van der Waals surface area (Å²) in [6.07, 6.45) is 0.949. The molecular weight excluding hydrogens is 292 g/mol. The normalized spacial score (nSPS) is 10.2. The van der Waals surface area contributed by atoms with Crippen LogP contribution in [-0.4, -0.2) is 20.8 Å². The molecule has 19 heavy (non-hydrogen) atoms. The standard InChI is InChI=1S/C10H7ClN4O3S/c1-5-4-19-10(13-5)14-9(16)6-2-8(11)12-3-7(6)15(17)18/h2-4H,1H3,(H,13,14,16). The Balaban J connectivity index is 2.32. The molecule has 0 aliphatic carbocycles. The van der Waals surface area contributed by atoms with Crippen LogP contribution in [0.4, 0.5) is 10.8 Å². The van der Waals surface area contributed by atoms with Crippen molar-refractivity contribution in [2.75, 3.05) is 5.32 Å². The van der Waals surface area contributed by atoms with E-state index in [4.69, 9.17) is 11.6 Å². The number of hydrogen-bond acceptors (Lipinski definition) is 6. The number of hydrogen-bond donors (Lipinski definition) is 1. The number of amides is 1. The average Bonchev–Trinajstić information content (AvgIpc) is 2.74. The molecule has 2 rings (SSSR count). The molecule has 0 atom stereocenters. The van der Waals surface area contributed by atoms with E-state index < -0.39 is 16.5 Å². The Morgan fingerprint density at radius 1 is 1.58 bits per heavy atom. The lowest BCUT2D eigenvalue weighted by atomic mass is 10.2. The van der Waals surface area contributed by atoms with Crippen LogP contribution in [0.25, 0.3) is 0 Å². The molecule has 0 aromatic carbocycles. The van der Waals surface area contributed by atoms with Gasteiger partial charge in [-0.25, -0.2) is 9.97 Å². The summed E-state index contributed by atoms with van der Waals surface area (Å²) in [5, 5.41) is 15.4. The van der Waals surface area contributed by atoms with E-state index in [9.17, 15) is 14.9 Å². The van der Waals surface area contributed by atoms with E-state index >= 15 is 0 Å². The molecule has 2 heterocycles. The summed E-state index contributed by atoms with van der Waals surface area (Å²) in [4.78, 5) is 29.7. The molecule has 0 bridgehead atoms. The van der Waals surface area contributed by atoms with Crippen LogP contribution < -0.4 is 5.32 Å². The van der Waals surface area contributed by atoms with Gasteiger partial charge < -0.3 is 0 Å². The van der Waals surface area contributed by atoms with Gasteiger partial charge in [-0.1, -0.05) is 11.6 Å². The highest BCUT2D eigenvalue weighted by Gasteiger charge is 2.22. The maximum absolute atomic E-state index is 12.0. The van der Waals surface area contributed by atoms with Gasteiger partial charge >= 0.3 is 0 Å². The smallest absolute Gasteiger partial charge is 0.298 e. The number of halogens is 1. The molecule has 0 aliphatic heterocycles. The fourth-order valence-electron chi connectivity index (χ4n) is 1.33. The first kappa shape index (κ1) is 13.4. The molecular formula is C10H7ClN4O3S. The van der Waals surface area contributed by atoms with Gasteiger partial charge in [-0.15, -0.1) is 11.3 Å². The zero-order chi connectivity index (χ0) is 14.0. The Morgan fingerprint density at radius 3 is 2.89 bits per heavy atom. The van der Waals surface area contributed by atoms with Crippen LogP contribution in [0.15, 0.2) is 17.6 Å². The number of carbonyl (C=O) groups is 1. The van der Waals surface area contributed by atoms with Gasteiger partial charge in [-0.2, -0.15) is 0 Å². The number of thiazole rings is 1. The zero-order valence-corrected chi connectivity index (χ0v) is 11.2. The number of nitrogens with zero attached hydrogens (tertiary/aromatic N) is 3. The molecule has 7 nitrogen and oxygen atoms in total. The molecule has 9 heteroatoms. The summed E-state index contributed by atoms with van der Waals surface area (Å²) in [6.45, 7) is 1.78. The van der Waals surface area contributed by atoms with Crippen molar-refractivity contribution in [1.29, 1.82) is 0 Å². The third kappa shape index (κ3) is 3.04. The van der Waals surface area contributed by atoms with Gasteiger partial charge in [0.25, 0.3) is 11.6 Å². The van der Waals surface area contributed by atoms with E-state index in [-0.39, 0.29) is 10.7 Å². The van der Waals surface area contributed by atoms with Gasteiger partial charge in [0, 0.05) is 5.38 Å². The molecule has 0 spiro atoms. The fourth-order valence-corrected chi connectivity index (χ4v) is 2.17. The molecule has 2 aromatic heterocycles. The van der Waals surface area contributed by atoms with Crippen LogP contribution in [-0.2, 0) is 0 Å². The van der Waals surface area contributed by atoms with Gasteiger partial charge in [-0.3, -0.25) is 20.2 Å². The second-order valence-corrected chi connectivity index (χ2v) is 4.77. The van der Waals surface area contributed by atoms with Crippen molar-refractivity contribution < 1.29 is 9.72 Å². The second kappa shape index (κ2) is 5.29. The molecule has 0 fully saturated rings. The maximum Gasteiger partial charge on any atom is 0.300 e. The number of aryl methyl sites for hydroxylation is 1. The van der Waals surface area contributed by atoms with Crippen LogP contribution in [0.1, 0.15) is 16.1 Å². The van der Waals surface area contributed by atoms with E-state index in [2.05, 4.69) is 15.3 Å². The Morgan fingerprint density at radius 2 is 2.32 bits per heavy atom. The van der Waals surface area contributed by atoms with Gasteiger partial charge in [0.05, 0.1) is 10.6 Å². The van der Waals surface area contributed by atoms with Crippen molar-refractivity contribution in [2.45, 2.75) is 6.92 Å². The van der Waals surface area contributed by atoms with Crippen LogP contribution in [0.2, 0.25) is 5.15 Å². The number of rotatable bonds is 3. The fraction of sp³-hybridized carbons (Fsp3) is 0.100. The van der Waals surface area contributed by atoms with E-state index in [1.165, 1.54) is 11.3 Å². The molecule has 1 N–H and O–H groups in total. The average molecular weight is 299 g/mol. The highest BCUT2D eigenvalue weighted by atomic mass is 35.5. The third-order valence-electron chi connectivity index (χ3n) is 2.13. The minimum absolute atomic E-state index is 0.00562. The van der Waals surface area contributed by atoms with E-state index in [0.29, 0.717) is 5.13 Å². The van der Waals surface area contributed by atoms with Crippen molar-refractivity contribution in [1.82, 2.24) is 9.97 Å². The molecule has 2 aromatic rings. The van der Waals surface area contributed by atoms with Gasteiger partial charge in [0.1, 0.15) is 16.9 Å². The number of pyridine rings is 1. The molecule has 1 amide bonds. The largest absolute Gasteiger partial charge is 0.300 e. The minimum atomic E-state index is -0.689. The molecule has 0 aliphatic rings.